The van der Waals surface area contributed by atoms with Gasteiger partial charge in [0.15, 0.2) is 17.0 Å². The molecule has 5 heteroatoms. The number of rotatable bonds is 4. The van der Waals surface area contributed by atoms with Crippen LogP contribution in [0.2, 0.25) is 0 Å². The number of nitrogens with zero attached hydrogens (tertiary/aromatic N) is 1. The van der Waals surface area contributed by atoms with Gasteiger partial charge in [-0.05, 0) is 26.0 Å². The van der Waals surface area contributed by atoms with Gasteiger partial charge < -0.3 is 9.15 Å². The molecule has 1 aromatic heterocycles. The second-order valence-electron chi connectivity index (χ2n) is 4.01. The number of Topliss-reactive ketones (excluding diaryl/α,β-unsaturated/α-hetero) is 2. The van der Waals surface area contributed by atoms with Crippen molar-refractivity contribution in [2.75, 3.05) is 7.11 Å². The number of hydrogen-bond donors (Lipinski definition) is 0. The molecule has 0 aliphatic heterocycles. The fraction of sp³-hybridized carbons (Fsp3) is 0.308. The molecule has 0 saturated carbocycles. The molecule has 18 heavy (non-hydrogen) atoms. The van der Waals surface area contributed by atoms with Gasteiger partial charge in [0.1, 0.15) is 17.3 Å². The van der Waals surface area contributed by atoms with E-state index >= 15 is 0 Å². The van der Waals surface area contributed by atoms with Crippen molar-refractivity contribution in [1.82, 2.24) is 4.98 Å². The average molecular weight is 247 g/mol. The van der Waals surface area contributed by atoms with Crippen molar-refractivity contribution in [1.29, 1.82) is 0 Å². The van der Waals surface area contributed by atoms with E-state index in [-0.39, 0.29) is 17.5 Å². The van der Waals surface area contributed by atoms with E-state index in [0.717, 1.165) is 0 Å². The van der Waals surface area contributed by atoms with Crippen LogP contribution in [0, 0.1) is 0 Å². The smallest absolute Gasteiger partial charge is 0.213 e. The molecule has 0 amide bonds. The molecule has 0 unspecified atom stereocenters. The highest BCUT2D eigenvalue weighted by molar-refractivity contribution is 6.05. The van der Waals surface area contributed by atoms with Crippen molar-refractivity contribution < 1.29 is 18.7 Å². The van der Waals surface area contributed by atoms with Gasteiger partial charge in [-0.3, -0.25) is 9.59 Å². The first-order chi connectivity index (χ1) is 8.54. The van der Waals surface area contributed by atoms with Crippen LogP contribution in [-0.2, 0) is 9.59 Å². The van der Waals surface area contributed by atoms with E-state index in [1.54, 1.807) is 18.2 Å². The number of ketones is 2. The first-order valence-corrected chi connectivity index (χ1v) is 5.49. The van der Waals surface area contributed by atoms with E-state index in [2.05, 4.69) is 4.98 Å². The van der Waals surface area contributed by atoms with E-state index in [4.69, 9.17) is 9.15 Å². The molecule has 0 atom stereocenters. The van der Waals surface area contributed by atoms with Crippen LogP contribution in [0.5, 0.6) is 5.75 Å². The number of carbonyl (C=O) groups excluding carboxylic acids is 2. The highest BCUT2D eigenvalue weighted by Gasteiger charge is 2.27. The van der Waals surface area contributed by atoms with Crippen molar-refractivity contribution in [2.24, 2.45) is 0 Å². The largest absolute Gasteiger partial charge is 0.494 e. The summed E-state index contributed by atoms with van der Waals surface area (Å²) in [6, 6.07) is 5.21. The zero-order chi connectivity index (χ0) is 13.3. The topological polar surface area (TPSA) is 69.4 Å². The summed E-state index contributed by atoms with van der Waals surface area (Å²) in [7, 11) is 1.52. The van der Waals surface area contributed by atoms with Crippen molar-refractivity contribution in [3.8, 4) is 5.75 Å². The lowest BCUT2D eigenvalue weighted by Gasteiger charge is -2.03. The molecule has 0 fully saturated rings. The van der Waals surface area contributed by atoms with Gasteiger partial charge in [-0.1, -0.05) is 6.07 Å². The van der Waals surface area contributed by atoms with Crippen LogP contribution in [0.25, 0.3) is 11.1 Å². The fourth-order valence-corrected chi connectivity index (χ4v) is 1.86. The Morgan fingerprint density at radius 2 is 1.94 bits per heavy atom. The van der Waals surface area contributed by atoms with Gasteiger partial charge in [0.25, 0.3) is 0 Å². The van der Waals surface area contributed by atoms with E-state index in [0.29, 0.717) is 16.8 Å². The molecule has 2 rings (SSSR count). The zero-order valence-corrected chi connectivity index (χ0v) is 10.4. The monoisotopic (exact) mass is 247 g/mol. The minimum Gasteiger partial charge on any atom is -0.494 e. The third-order valence-corrected chi connectivity index (χ3v) is 2.68. The minimum atomic E-state index is -0.942. The summed E-state index contributed by atoms with van der Waals surface area (Å²) >= 11 is 0. The maximum absolute atomic E-state index is 11.5. The van der Waals surface area contributed by atoms with Crippen LogP contribution in [0.1, 0.15) is 25.7 Å². The normalized spacial score (nSPS) is 10.9. The van der Waals surface area contributed by atoms with Crippen LogP contribution in [0.15, 0.2) is 22.6 Å². The average Bonchev–Trinajstić information content (AvgIpc) is 2.70. The van der Waals surface area contributed by atoms with E-state index in [1.165, 1.54) is 21.0 Å². The Balaban J connectivity index is 2.59. The molecule has 1 heterocycles. The van der Waals surface area contributed by atoms with Gasteiger partial charge >= 0.3 is 0 Å². The Morgan fingerprint density at radius 3 is 2.50 bits per heavy atom. The van der Waals surface area contributed by atoms with Crippen LogP contribution in [0.4, 0.5) is 0 Å². The third-order valence-electron chi connectivity index (χ3n) is 2.68. The fourth-order valence-electron chi connectivity index (χ4n) is 1.86. The van der Waals surface area contributed by atoms with Crippen LogP contribution >= 0.6 is 0 Å². The summed E-state index contributed by atoms with van der Waals surface area (Å²) in [5.41, 5.74) is 1.01. The van der Waals surface area contributed by atoms with Crippen molar-refractivity contribution in [3.05, 3.63) is 24.1 Å². The predicted molar refractivity (Wildman–Crippen MR) is 64.7 cm³/mol. The molecule has 5 nitrogen and oxygen atoms in total. The van der Waals surface area contributed by atoms with Gasteiger partial charge in [-0.2, -0.15) is 0 Å². The van der Waals surface area contributed by atoms with Gasteiger partial charge in [-0.15, -0.1) is 0 Å². The molecule has 0 saturated heterocycles. The van der Waals surface area contributed by atoms with Gasteiger partial charge in [-0.25, -0.2) is 4.98 Å². The molecule has 2 aromatic rings. The Kier molecular flexibility index (Phi) is 3.14. The molecule has 0 aliphatic rings. The molecule has 0 radical (unpaired) electrons. The molecule has 1 aromatic carbocycles. The Bertz CT molecular complexity index is 600. The molecule has 94 valence electrons. The molecule has 0 aliphatic carbocycles. The Morgan fingerprint density at radius 1 is 1.28 bits per heavy atom. The van der Waals surface area contributed by atoms with Crippen LogP contribution < -0.4 is 4.74 Å². The summed E-state index contributed by atoms with van der Waals surface area (Å²) in [6.07, 6.45) is 0. The summed E-state index contributed by atoms with van der Waals surface area (Å²) in [6.45, 7) is 2.69. The number of benzene rings is 1. The number of methoxy groups -OCH3 is 1. The highest BCUT2D eigenvalue weighted by atomic mass is 16.5. The Hall–Kier alpha value is -2.17. The maximum atomic E-state index is 11.5. The standard InChI is InChI=1S/C13H13NO4/c1-7(15)11(8(2)16)13-14-12-9(17-3)5-4-6-10(12)18-13/h4-6,11H,1-3H3. The second-order valence-corrected chi connectivity index (χ2v) is 4.01. The van der Waals surface area contributed by atoms with Crippen molar-refractivity contribution in [3.63, 3.8) is 0 Å². The summed E-state index contributed by atoms with van der Waals surface area (Å²) in [5, 5.41) is 0. The first kappa shape index (κ1) is 12.3. The van der Waals surface area contributed by atoms with Crippen LogP contribution in [0.3, 0.4) is 0 Å². The molecule has 0 bridgehead atoms. The molecular weight excluding hydrogens is 234 g/mol. The predicted octanol–water partition coefficient (Wildman–Crippen LogP) is 2.10. The first-order valence-electron chi connectivity index (χ1n) is 5.49. The number of oxazole rings is 1. The SMILES string of the molecule is COc1cccc2oc(C(C(C)=O)C(C)=O)nc12. The second kappa shape index (κ2) is 4.60. The lowest BCUT2D eigenvalue weighted by molar-refractivity contribution is -0.127. The third kappa shape index (κ3) is 1.99. The quantitative estimate of drug-likeness (QED) is 0.774. The van der Waals surface area contributed by atoms with Crippen LogP contribution in [-0.4, -0.2) is 23.7 Å². The van der Waals surface area contributed by atoms with Crippen molar-refractivity contribution >= 4 is 22.7 Å². The highest BCUT2D eigenvalue weighted by Crippen LogP contribution is 2.28. The lowest BCUT2D eigenvalue weighted by atomic mass is 10.0. The van der Waals surface area contributed by atoms with Gasteiger partial charge in [0.2, 0.25) is 5.89 Å². The summed E-state index contributed by atoms with van der Waals surface area (Å²) < 4.78 is 10.6. The zero-order valence-electron chi connectivity index (χ0n) is 10.4. The van der Waals surface area contributed by atoms with E-state index in [9.17, 15) is 9.59 Å². The number of fused-ring (bicyclic) bond motifs is 1. The van der Waals surface area contributed by atoms with Crippen molar-refractivity contribution in [2.45, 2.75) is 19.8 Å². The number of para-hydroxylation sites is 1. The van der Waals surface area contributed by atoms with E-state index < -0.39 is 5.92 Å². The van der Waals surface area contributed by atoms with Gasteiger partial charge in [0.05, 0.1) is 7.11 Å². The molecular formula is C13H13NO4. The maximum Gasteiger partial charge on any atom is 0.213 e. The summed E-state index contributed by atoms with van der Waals surface area (Å²) in [5.74, 6) is -0.842. The lowest BCUT2D eigenvalue weighted by Crippen LogP contribution is -2.17. The molecule has 0 N–H and O–H groups in total. The van der Waals surface area contributed by atoms with Gasteiger partial charge in [0, 0.05) is 0 Å². The number of carbonyl (C=O) groups is 2. The number of aromatic nitrogens is 1. The Labute approximate surface area is 104 Å². The molecule has 0 spiro atoms. The van der Waals surface area contributed by atoms with E-state index in [1.807, 2.05) is 0 Å². The number of hydrogen-bond acceptors (Lipinski definition) is 5. The summed E-state index contributed by atoms with van der Waals surface area (Å²) in [4.78, 5) is 27.1. The number of ether oxygens (including phenoxy) is 1. The minimum absolute atomic E-state index is 0.120.